The SMILES string of the molecule is COc1cccc(CNC(=O)c2ccc3c(c2)CNCCCCCCCN3C(=O)c2ccncc2)c1. The topological polar surface area (TPSA) is 83.6 Å². The zero-order valence-corrected chi connectivity index (χ0v) is 20.8. The third-order valence-corrected chi connectivity index (χ3v) is 6.44. The predicted octanol–water partition coefficient (Wildman–Crippen LogP) is 4.72. The summed E-state index contributed by atoms with van der Waals surface area (Å²) in [6, 6.07) is 16.7. The van der Waals surface area contributed by atoms with Gasteiger partial charge in [0, 0.05) is 48.8 Å². The van der Waals surface area contributed by atoms with Gasteiger partial charge in [-0.05, 0) is 73.0 Å². The number of carbonyl (C=O) groups excluding carboxylic acids is 2. The lowest BCUT2D eigenvalue weighted by atomic mass is 10.0. The van der Waals surface area contributed by atoms with Gasteiger partial charge < -0.3 is 20.3 Å². The fourth-order valence-corrected chi connectivity index (χ4v) is 4.45. The number of benzene rings is 2. The van der Waals surface area contributed by atoms with E-state index in [9.17, 15) is 9.59 Å². The van der Waals surface area contributed by atoms with Gasteiger partial charge in [0.15, 0.2) is 0 Å². The lowest BCUT2D eigenvalue weighted by Crippen LogP contribution is -2.34. The van der Waals surface area contributed by atoms with Crippen molar-refractivity contribution in [3.05, 3.63) is 89.2 Å². The maximum atomic E-state index is 13.5. The molecule has 7 nitrogen and oxygen atoms in total. The van der Waals surface area contributed by atoms with E-state index in [2.05, 4.69) is 15.6 Å². The quantitative estimate of drug-likeness (QED) is 0.545. The molecule has 1 aliphatic rings. The van der Waals surface area contributed by atoms with Crippen molar-refractivity contribution in [3.8, 4) is 5.75 Å². The lowest BCUT2D eigenvalue weighted by molar-refractivity contribution is 0.0949. The van der Waals surface area contributed by atoms with Crippen molar-refractivity contribution < 1.29 is 14.3 Å². The highest BCUT2D eigenvalue weighted by Gasteiger charge is 2.21. The van der Waals surface area contributed by atoms with Gasteiger partial charge >= 0.3 is 0 Å². The molecular formula is C29H34N4O3. The van der Waals surface area contributed by atoms with Crippen LogP contribution in [0, 0.1) is 0 Å². The maximum Gasteiger partial charge on any atom is 0.258 e. The van der Waals surface area contributed by atoms with E-state index in [1.807, 2.05) is 41.3 Å². The molecule has 2 amide bonds. The highest BCUT2D eigenvalue weighted by Crippen LogP contribution is 2.26. The first-order chi connectivity index (χ1) is 17.7. The number of nitrogens with one attached hydrogen (secondary N) is 2. The molecule has 0 fully saturated rings. The lowest BCUT2D eigenvalue weighted by Gasteiger charge is -2.27. The van der Waals surface area contributed by atoms with Crippen molar-refractivity contribution in [2.75, 3.05) is 25.1 Å². The molecule has 0 atom stereocenters. The Balaban J connectivity index is 1.58. The Morgan fingerprint density at radius 2 is 1.78 bits per heavy atom. The van der Waals surface area contributed by atoms with Crippen LogP contribution >= 0.6 is 0 Å². The zero-order chi connectivity index (χ0) is 25.2. The van der Waals surface area contributed by atoms with Crippen molar-refractivity contribution in [3.63, 3.8) is 0 Å². The molecule has 0 saturated heterocycles. The Bertz CT molecular complexity index is 1170. The standard InChI is InChI=1S/C29H34N4O3/c1-36-26-9-7-8-22(18-26)20-32-28(34)24-10-11-27-25(19-24)21-31-14-5-3-2-4-6-17-33(27)29(35)23-12-15-30-16-13-23/h7-13,15-16,18-19,31H,2-6,14,17,20-21H2,1H3,(H,32,34). The van der Waals surface area contributed by atoms with E-state index in [0.717, 1.165) is 54.8 Å². The number of carbonyl (C=O) groups is 2. The van der Waals surface area contributed by atoms with Gasteiger partial charge in [-0.1, -0.05) is 31.4 Å². The summed E-state index contributed by atoms with van der Waals surface area (Å²) in [7, 11) is 1.63. The number of hydrogen-bond acceptors (Lipinski definition) is 5. The van der Waals surface area contributed by atoms with E-state index < -0.39 is 0 Å². The van der Waals surface area contributed by atoms with Gasteiger partial charge in [0.25, 0.3) is 11.8 Å². The molecule has 7 heteroatoms. The van der Waals surface area contributed by atoms with Gasteiger partial charge in [-0.2, -0.15) is 0 Å². The van der Waals surface area contributed by atoms with Crippen molar-refractivity contribution in [2.45, 2.75) is 45.2 Å². The first-order valence-electron chi connectivity index (χ1n) is 12.6. The van der Waals surface area contributed by atoms with E-state index in [1.165, 1.54) is 6.42 Å². The molecular weight excluding hydrogens is 452 g/mol. The zero-order valence-electron chi connectivity index (χ0n) is 20.8. The third-order valence-electron chi connectivity index (χ3n) is 6.44. The van der Waals surface area contributed by atoms with Gasteiger partial charge in [0.1, 0.15) is 5.75 Å². The number of ether oxygens (including phenoxy) is 1. The molecule has 0 radical (unpaired) electrons. The molecule has 1 aliphatic heterocycles. The fraction of sp³-hybridized carbons (Fsp3) is 0.345. The fourth-order valence-electron chi connectivity index (χ4n) is 4.45. The van der Waals surface area contributed by atoms with Crippen molar-refractivity contribution >= 4 is 17.5 Å². The minimum Gasteiger partial charge on any atom is -0.497 e. The molecule has 3 aromatic rings. The number of anilines is 1. The van der Waals surface area contributed by atoms with Crippen LogP contribution in [0.2, 0.25) is 0 Å². The second-order valence-electron chi connectivity index (χ2n) is 9.01. The molecule has 2 heterocycles. The Hall–Kier alpha value is -3.71. The molecule has 4 rings (SSSR count). The Morgan fingerprint density at radius 1 is 0.972 bits per heavy atom. The summed E-state index contributed by atoms with van der Waals surface area (Å²) in [4.78, 5) is 32.4. The minimum atomic E-state index is -0.154. The molecule has 1 aromatic heterocycles. The van der Waals surface area contributed by atoms with Gasteiger partial charge in [0.2, 0.25) is 0 Å². The van der Waals surface area contributed by atoms with Crippen molar-refractivity contribution in [1.29, 1.82) is 0 Å². The van der Waals surface area contributed by atoms with E-state index in [1.54, 1.807) is 37.7 Å². The Morgan fingerprint density at radius 3 is 2.61 bits per heavy atom. The summed E-state index contributed by atoms with van der Waals surface area (Å²) < 4.78 is 5.27. The average molecular weight is 487 g/mol. The van der Waals surface area contributed by atoms with Crippen molar-refractivity contribution in [2.24, 2.45) is 0 Å². The molecule has 0 bridgehead atoms. The number of aromatic nitrogens is 1. The van der Waals surface area contributed by atoms with Crippen LogP contribution < -0.4 is 20.3 Å². The highest BCUT2D eigenvalue weighted by atomic mass is 16.5. The minimum absolute atomic E-state index is 0.0501. The molecule has 2 N–H and O–H groups in total. The summed E-state index contributed by atoms with van der Waals surface area (Å²) in [5.74, 6) is 0.552. The molecule has 2 aromatic carbocycles. The first kappa shape index (κ1) is 25.4. The summed E-state index contributed by atoms with van der Waals surface area (Å²) in [5, 5.41) is 6.50. The van der Waals surface area contributed by atoms with E-state index in [-0.39, 0.29) is 11.8 Å². The predicted molar refractivity (Wildman–Crippen MR) is 141 cm³/mol. The summed E-state index contributed by atoms with van der Waals surface area (Å²) in [6.45, 7) is 2.53. The number of fused-ring (bicyclic) bond motifs is 1. The van der Waals surface area contributed by atoms with E-state index in [0.29, 0.717) is 30.8 Å². The van der Waals surface area contributed by atoms with Gasteiger partial charge in [-0.25, -0.2) is 0 Å². The molecule has 0 spiro atoms. The normalized spacial score (nSPS) is 14.6. The summed E-state index contributed by atoms with van der Waals surface area (Å²) in [6.07, 6.45) is 8.76. The number of rotatable bonds is 5. The van der Waals surface area contributed by atoms with Crippen LogP contribution in [0.4, 0.5) is 5.69 Å². The molecule has 188 valence electrons. The molecule has 36 heavy (non-hydrogen) atoms. The number of methoxy groups -OCH3 is 1. The Labute approximate surface area is 212 Å². The molecule has 0 unspecified atom stereocenters. The van der Waals surface area contributed by atoms with Crippen LogP contribution in [-0.2, 0) is 13.1 Å². The molecule has 0 saturated carbocycles. The van der Waals surface area contributed by atoms with E-state index in [4.69, 9.17) is 4.74 Å². The average Bonchev–Trinajstić information content (AvgIpc) is 2.92. The van der Waals surface area contributed by atoms with E-state index >= 15 is 0 Å². The van der Waals surface area contributed by atoms with Gasteiger partial charge in [-0.3, -0.25) is 14.6 Å². The van der Waals surface area contributed by atoms with Gasteiger partial charge in [0.05, 0.1) is 7.11 Å². The second-order valence-corrected chi connectivity index (χ2v) is 9.01. The number of amides is 2. The van der Waals surface area contributed by atoms with Crippen LogP contribution in [0.15, 0.2) is 67.0 Å². The van der Waals surface area contributed by atoms with Crippen LogP contribution in [0.25, 0.3) is 0 Å². The maximum absolute atomic E-state index is 13.5. The number of pyridine rings is 1. The second kappa shape index (κ2) is 12.8. The Kier molecular flexibility index (Phi) is 9.05. The first-order valence-corrected chi connectivity index (χ1v) is 12.6. The highest BCUT2D eigenvalue weighted by molar-refractivity contribution is 6.06. The van der Waals surface area contributed by atoms with Gasteiger partial charge in [-0.15, -0.1) is 0 Å². The van der Waals surface area contributed by atoms with Crippen LogP contribution in [0.5, 0.6) is 5.75 Å². The summed E-state index contributed by atoms with van der Waals surface area (Å²) in [5.41, 5.74) is 3.92. The van der Waals surface area contributed by atoms with Crippen LogP contribution in [0.3, 0.4) is 0 Å². The smallest absolute Gasteiger partial charge is 0.258 e. The largest absolute Gasteiger partial charge is 0.497 e. The van der Waals surface area contributed by atoms with Crippen molar-refractivity contribution in [1.82, 2.24) is 15.6 Å². The molecule has 0 aliphatic carbocycles. The third kappa shape index (κ3) is 6.70. The van der Waals surface area contributed by atoms with Crippen LogP contribution in [0.1, 0.15) is 63.9 Å². The van der Waals surface area contributed by atoms with Crippen LogP contribution in [-0.4, -0.2) is 37.0 Å². The number of hydrogen-bond donors (Lipinski definition) is 2. The summed E-state index contributed by atoms with van der Waals surface area (Å²) >= 11 is 0. The number of nitrogens with zero attached hydrogens (tertiary/aromatic N) is 2. The monoisotopic (exact) mass is 486 g/mol.